The second-order valence-corrected chi connectivity index (χ2v) is 15.6. The van der Waals surface area contributed by atoms with E-state index in [4.69, 9.17) is 4.42 Å². The SMILES string of the molecule is c1ccc(-c2ccc(-c3cc(-c4ccc5ccc6cccc7ccc4c5c67)cc(-c4ccc5ccc6cccc7ccc4c5c67)c3)c3c2oc2ccccc23)cc1. The molecule has 0 bridgehead atoms. The van der Waals surface area contributed by atoms with Gasteiger partial charge in [0.15, 0.2) is 0 Å². The first-order valence-electron chi connectivity index (χ1n) is 19.7. The van der Waals surface area contributed by atoms with E-state index >= 15 is 0 Å². The Balaban J connectivity index is 1.14. The molecular formula is C56H32O. The first kappa shape index (κ1) is 30.8. The smallest absolute Gasteiger partial charge is 0.143 e. The Kier molecular flexibility index (Phi) is 6.23. The molecule has 0 unspecified atom stereocenters. The number of fused-ring (bicyclic) bond motifs is 3. The maximum Gasteiger partial charge on any atom is 0.143 e. The van der Waals surface area contributed by atoms with Crippen molar-refractivity contribution < 1.29 is 4.42 Å². The van der Waals surface area contributed by atoms with Crippen molar-refractivity contribution in [3.05, 3.63) is 194 Å². The lowest BCUT2D eigenvalue weighted by Crippen LogP contribution is -1.91. The van der Waals surface area contributed by atoms with E-state index in [1.165, 1.54) is 86.9 Å². The van der Waals surface area contributed by atoms with Gasteiger partial charge in [0.1, 0.15) is 11.2 Å². The van der Waals surface area contributed by atoms with Gasteiger partial charge in [0.25, 0.3) is 0 Å². The topological polar surface area (TPSA) is 13.1 Å². The molecular weight excluding hydrogens is 689 g/mol. The number of hydrogen-bond donors (Lipinski definition) is 0. The number of para-hydroxylation sites is 1. The molecule has 0 aliphatic rings. The molecule has 0 saturated carbocycles. The van der Waals surface area contributed by atoms with Crippen LogP contribution in [0.4, 0.5) is 0 Å². The van der Waals surface area contributed by atoms with Gasteiger partial charge in [-0.05, 0) is 134 Å². The molecule has 262 valence electrons. The van der Waals surface area contributed by atoms with Crippen LogP contribution in [0.5, 0.6) is 0 Å². The van der Waals surface area contributed by atoms with Crippen LogP contribution in [0.25, 0.3) is 131 Å². The number of furan rings is 1. The second-order valence-electron chi connectivity index (χ2n) is 15.6. The molecule has 13 aromatic rings. The molecule has 0 N–H and O–H groups in total. The van der Waals surface area contributed by atoms with Crippen molar-refractivity contribution in [1.29, 1.82) is 0 Å². The van der Waals surface area contributed by atoms with Crippen LogP contribution in [0.1, 0.15) is 0 Å². The van der Waals surface area contributed by atoms with E-state index in [0.717, 1.165) is 44.2 Å². The van der Waals surface area contributed by atoms with Crippen molar-refractivity contribution in [3.8, 4) is 44.5 Å². The Bertz CT molecular complexity index is 3540. The van der Waals surface area contributed by atoms with Crippen molar-refractivity contribution in [2.45, 2.75) is 0 Å². The summed E-state index contributed by atoms with van der Waals surface area (Å²) in [7, 11) is 0. The van der Waals surface area contributed by atoms with E-state index in [9.17, 15) is 0 Å². The first-order valence-corrected chi connectivity index (χ1v) is 19.7. The van der Waals surface area contributed by atoms with Crippen molar-refractivity contribution in [3.63, 3.8) is 0 Å². The minimum absolute atomic E-state index is 0.895. The molecule has 0 atom stereocenters. The third kappa shape index (κ3) is 4.40. The molecule has 1 heteroatoms. The summed E-state index contributed by atoms with van der Waals surface area (Å²) in [4.78, 5) is 0. The maximum atomic E-state index is 6.78. The lowest BCUT2D eigenvalue weighted by molar-refractivity contribution is 0.670. The Morgan fingerprint density at radius 2 is 0.684 bits per heavy atom. The molecule has 0 aliphatic carbocycles. The highest BCUT2D eigenvalue weighted by molar-refractivity contribution is 6.27. The Hall–Kier alpha value is -7.48. The van der Waals surface area contributed by atoms with Gasteiger partial charge < -0.3 is 4.42 Å². The molecule has 12 aromatic carbocycles. The molecule has 0 fully saturated rings. The van der Waals surface area contributed by atoms with Crippen LogP contribution >= 0.6 is 0 Å². The Morgan fingerprint density at radius 3 is 1.26 bits per heavy atom. The summed E-state index contributed by atoms with van der Waals surface area (Å²) in [5.74, 6) is 0. The van der Waals surface area contributed by atoms with Gasteiger partial charge in [0.05, 0.1) is 0 Å². The van der Waals surface area contributed by atoms with Gasteiger partial charge in [-0.15, -0.1) is 0 Å². The lowest BCUT2D eigenvalue weighted by atomic mass is 9.85. The number of rotatable bonds is 4. The zero-order valence-corrected chi connectivity index (χ0v) is 30.9. The highest BCUT2D eigenvalue weighted by Gasteiger charge is 2.21. The van der Waals surface area contributed by atoms with Crippen LogP contribution < -0.4 is 0 Å². The molecule has 57 heavy (non-hydrogen) atoms. The van der Waals surface area contributed by atoms with E-state index in [2.05, 4.69) is 194 Å². The van der Waals surface area contributed by atoms with Crippen LogP contribution in [-0.4, -0.2) is 0 Å². The summed E-state index contributed by atoms with van der Waals surface area (Å²) in [6.07, 6.45) is 0. The van der Waals surface area contributed by atoms with Gasteiger partial charge in [-0.25, -0.2) is 0 Å². The monoisotopic (exact) mass is 720 g/mol. The third-order valence-corrected chi connectivity index (χ3v) is 12.5. The Morgan fingerprint density at radius 1 is 0.246 bits per heavy atom. The normalized spacial score (nSPS) is 12.2. The highest BCUT2D eigenvalue weighted by atomic mass is 16.3. The molecule has 0 radical (unpaired) electrons. The lowest BCUT2D eigenvalue weighted by Gasteiger charge is -2.18. The van der Waals surface area contributed by atoms with Crippen LogP contribution in [0.2, 0.25) is 0 Å². The minimum atomic E-state index is 0.895. The summed E-state index contributed by atoms with van der Waals surface area (Å²) < 4.78 is 6.78. The second kappa shape index (κ2) is 11.5. The number of hydrogen-bond acceptors (Lipinski definition) is 1. The summed E-state index contributed by atoms with van der Waals surface area (Å²) >= 11 is 0. The molecule has 13 rings (SSSR count). The fourth-order valence-electron chi connectivity index (χ4n) is 9.98. The molecule has 1 heterocycles. The Labute approximate surface area is 328 Å². The van der Waals surface area contributed by atoms with Crippen LogP contribution in [0, 0.1) is 0 Å². The van der Waals surface area contributed by atoms with Gasteiger partial charge in [-0.2, -0.15) is 0 Å². The van der Waals surface area contributed by atoms with Crippen LogP contribution in [0.15, 0.2) is 199 Å². The van der Waals surface area contributed by atoms with Crippen molar-refractivity contribution in [1.82, 2.24) is 0 Å². The molecule has 0 saturated heterocycles. The quantitative estimate of drug-likeness (QED) is 0.165. The fraction of sp³-hybridized carbons (Fsp3) is 0. The van der Waals surface area contributed by atoms with Gasteiger partial charge in [0.2, 0.25) is 0 Å². The van der Waals surface area contributed by atoms with E-state index in [1.54, 1.807) is 0 Å². The maximum absolute atomic E-state index is 6.78. The first-order chi connectivity index (χ1) is 28.2. The van der Waals surface area contributed by atoms with Crippen LogP contribution in [0.3, 0.4) is 0 Å². The average molecular weight is 721 g/mol. The van der Waals surface area contributed by atoms with Gasteiger partial charge in [0, 0.05) is 16.3 Å². The summed E-state index contributed by atoms with van der Waals surface area (Å²) in [5, 5.41) is 17.8. The van der Waals surface area contributed by atoms with Gasteiger partial charge >= 0.3 is 0 Å². The number of benzene rings is 12. The fourth-order valence-corrected chi connectivity index (χ4v) is 9.98. The molecule has 0 spiro atoms. The van der Waals surface area contributed by atoms with E-state index in [0.29, 0.717) is 0 Å². The van der Waals surface area contributed by atoms with E-state index in [-0.39, 0.29) is 0 Å². The van der Waals surface area contributed by atoms with E-state index < -0.39 is 0 Å². The van der Waals surface area contributed by atoms with Crippen molar-refractivity contribution in [2.75, 3.05) is 0 Å². The summed E-state index contributed by atoms with van der Waals surface area (Å²) in [6.45, 7) is 0. The minimum Gasteiger partial charge on any atom is -0.455 e. The molecule has 1 aromatic heterocycles. The molecule has 0 amide bonds. The van der Waals surface area contributed by atoms with E-state index in [1.807, 2.05) is 0 Å². The summed E-state index contributed by atoms with van der Waals surface area (Å²) in [6, 6.07) is 71.7. The van der Waals surface area contributed by atoms with Crippen LogP contribution in [-0.2, 0) is 0 Å². The molecule has 0 aliphatic heterocycles. The predicted octanol–water partition coefficient (Wildman–Crippen LogP) is 16.0. The third-order valence-electron chi connectivity index (χ3n) is 12.5. The van der Waals surface area contributed by atoms with Gasteiger partial charge in [-0.1, -0.05) is 164 Å². The van der Waals surface area contributed by atoms with Crippen molar-refractivity contribution in [2.24, 2.45) is 0 Å². The highest BCUT2D eigenvalue weighted by Crippen LogP contribution is 2.47. The predicted molar refractivity (Wildman–Crippen MR) is 243 cm³/mol. The zero-order chi connectivity index (χ0) is 37.2. The molecule has 1 nitrogen and oxygen atoms in total. The zero-order valence-electron chi connectivity index (χ0n) is 30.9. The largest absolute Gasteiger partial charge is 0.455 e. The standard InChI is InChI=1S/C56H32O/c1-2-8-33(9-3-1)46-29-28-45(55-49-14-4-5-15-50(49)57-56(46)55)42-31-40(43-24-20-38-18-16-34-10-6-12-36-22-26-47(43)53(38)51(34)36)30-41(32-42)44-25-21-39-19-17-35-11-7-13-37-23-27-48(44)54(39)52(35)37/h1-32H. The van der Waals surface area contributed by atoms with Gasteiger partial charge in [-0.3, -0.25) is 0 Å². The van der Waals surface area contributed by atoms with Crippen molar-refractivity contribution >= 4 is 86.6 Å². The average Bonchev–Trinajstić information content (AvgIpc) is 3.67. The summed E-state index contributed by atoms with van der Waals surface area (Å²) in [5.41, 5.74) is 11.2.